The predicted octanol–water partition coefficient (Wildman–Crippen LogP) is 2.82. The number of carbonyl (C=O) groups excluding carboxylic acids is 2. The lowest BCUT2D eigenvalue weighted by Crippen LogP contribution is -2.57. The van der Waals surface area contributed by atoms with E-state index < -0.39 is 30.5 Å². The second kappa shape index (κ2) is 10.8. The smallest absolute Gasteiger partial charge is 0.434 e. The highest BCUT2D eigenvalue weighted by Crippen LogP contribution is 2.36. The number of anilines is 1. The molecule has 1 atom stereocenters. The van der Waals surface area contributed by atoms with Gasteiger partial charge < -0.3 is 19.9 Å². The average Bonchev–Trinajstić information content (AvgIpc) is 2.77. The molecule has 0 aliphatic carbocycles. The fourth-order valence-electron chi connectivity index (χ4n) is 4.13. The SMILES string of the molecule is CC(=O)N1CCN(c2cc(Cl)ccc2CN2CCNCC2C(=O)OC(C(F)(F)F)C(F)(F)F)CC1. The molecule has 1 N–H and O–H groups in total. The van der Waals surface area contributed by atoms with Crippen LogP contribution >= 0.6 is 11.6 Å². The third-order valence-corrected chi connectivity index (χ3v) is 6.18. The molecule has 1 aromatic rings. The van der Waals surface area contributed by atoms with E-state index in [1.54, 1.807) is 23.1 Å². The molecule has 0 radical (unpaired) electrons. The first-order valence-corrected chi connectivity index (χ1v) is 11.2. The monoisotopic (exact) mass is 530 g/mol. The van der Waals surface area contributed by atoms with Crippen molar-refractivity contribution in [2.75, 3.05) is 50.7 Å². The third kappa shape index (κ3) is 6.91. The Morgan fingerprint density at radius 2 is 1.71 bits per heavy atom. The van der Waals surface area contributed by atoms with Crippen LogP contribution in [0.5, 0.6) is 0 Å². The summed E-state index contributed by atoms with van der Waals surface area (Å²) in [6, 6.07) is 3.67. The topological polar surface area (TPSA) is 65.1 Å². The normalized spacial score (nSPS) is 20.3. The maximum Gasteiger partial charge on any atom is 0.434 e. The number of hydrogen-bond acceptors (Lipinski definition) is 6. The number of piperazine rings is 2. The van der Waals surface area contributed by atoms with Gasteiger partial charge in [-0.05, 0) is 17.7 Å². The van der Waals surface area contributed by atoms with Crippen LogP contribution in [0.3, 0.4) is 0 Å². The van der Waals surface area contributed by atoms with Crippen LogP contribution < -0.4 is 10.2 Å². The predicted molar refractivity (Wildman–Crippen MR) is 115 cm³/mol. The Morgan fingerprint density at radius 1 is 1.09 bits per heavy atom. The summed E-state index contributed by atoms with van der Waals surface area (Å²) in [6.07, 6.45) is -15.8. The molecule has 2 aliphatic rings. The number of carbonyl (C=O) groups is 2. The van der Waals surface area contributed by atoms with Crippen LogP contribution in [-0.2, 0) is 20.9 Å². The van der Waals surface area contributed by atoms with E-state index in [4.69, 9.17) is 11.6 Å². The van der Waals surface area contributed by atoms with Crippen LogP contribution in [0.1, 0.15) is 12.5 Å². The van der Waals surface area contributed by atoms with E-state index in [2.05, 4.69) is 10.1 Å². The highest BCUT2D eigenvalue weighted by Gasteiger charge is 2.60. The number of alkyl halides is 6. The molecule has 196 valence electrons. The van der Waals surface area contributed by atoms with Gasteiger partial charge in [0.25, 0.3) is 6.10 Å². The van der Waals surface area contributed by atoms with Gasteiger partial charge in [0.05, 0.1) is 0 Å². The number of ether oxygens (including phenoxy) is 1. The molecule has 3 rings (SSSR count). The number of esters is 1. The van der Waals surface area contributed by atoms with Gasteiger partial charge >= 0.3 is 18.3 Å². The molecule has 2 heterocycles. The second-order valence-electron chi connectivity index (χ2n) is 8.36. The summed E-state index contributed by atoms with van der Waals surface area (Å²) in [5, 5.41) is 3.25. The first kappa shape index (κ1) is 27.3. The number of nitrogens with one attached hydrogen (secondary N) is 1. The summed E-state index contributed by atoms with van der Waals surface area (Å²) >= 11 is 6.18. The second-order valence-corrected chi connectivity index (χ2v) is 8.79. The van der Waals surface area contributed by atoms with Crippen LogP contribution in [0.15, 0.2) is 18.2 Å². The lowest BCUT2D eigenvalue weighted by atomic mass is 10.1. The summed E-state index contributed by atoms with van der Waals surface area (Å²) < 4.78 is 81.3. The molecule has 0 aromatic heterocycles. The van der Waals surface area contributed by atoms with E-state index in [-0.39, 0.29) is 25.5 Å². The van der Waals surface area contributed by atoms with Crippen molar-refractivity contribution < 1.29 is 40.7 Å². The van der Waals surface area contributed by atoms with E-state index >= 15 is 0 Å². The lowest BCUT2D eigenvalue weighted by molar-refractivity contribution is -0.314. The Morgan fingerprint density at radius 3 is 2.29 bits per heavy atom. The average molecular weight is 531 g/mol. The van der Waals surface area contributed by atoms with Crippen LogP contribution in [0.2, 0.25) is 5.02 Å². The van der Waals surface area contributed by atoms with Gasteiger partial charge in [0.1, 0.15) is 6.04 Å². The van der Waals surface area contributed by atoms with Gasteiger partial charge in [-0.3, -0.25) is 14.5 Å². The molecule has 0 saturated carbocycles. The number of benzene rings is 1. The van der Waals surface area contributed by atoms with Crippen molar-refractivity contribution in [3.8, 4) is 0 Å². The zero-order chi connectivity index (χ0) is 26.0. The molecule has 1 aromatic carbocycles. The summed E-state index contributed by atoms with van der Waals surface area (Å²) in [5.41, 5.74) is 1.41. The minimum absolute atomic E-state index is 0.0471. The van der Waals surface area contributed by atoms with Crippen molar-refractivity contribution in [1.29, 1.82) is 0 Å². The molecular weight excluding hydrogens is 506 g/mol. The first-order valence-electron chi connectivity index (χ1n) is 10.8. The summed E-state index contributed by atoms with van der Waals surface area (Å²) in [5.74, 6) is -1.66. The third-order valence-electron chi connectivity index (χ3n) is 5.94. The van der Waals surface area contributed by atoms with E-state index in [9.17, 15) is 35.9 Å². The quantitative estimate of drug-likeness (QED) is 0.467. The molecule has 7 nitrogen and oxygen atoms in total. The van der Waals surface area contributed by atoms with Gasteiger partial charge in [0, 0.05) is 70.0 Å². The molecule has 2 aliphatic heterocycles. The van der Waals surface area contributed by atoms with E-state index in [1.165, 1.54) is 11.8 Å². The molecular formula is C21H25ClF6N4O3. The van der Waals surface area contributed by atoms with Gasteiger partial charge in [0.15, 0.2) is 0 Å². The van der Waals surface area contributed by atoms with Crippen LogP contribution in [0, 0.1) is 0 Å². The molecule has 0 bridgehead atoms. The Kier molecular flexibility index (Phi) is 8.43. The molecule has 2 fully saturated rings. The zero-order valence-corrected chi connectivity index (χ0v) is 19.5. The van der Waals surface area contributed by atoms with Crippen molar-refractivity contribution >= 4 is 29.2 Å². The van der Waals surface area contributed by atoms with Crippen molar-refractivity contribution in [3.63, 3.8) is 0 Å². The Hall–Kier alpha value is -2.25. The van der Waals surface area contributed by atoms with Crippen molar-refractivity contribution in [2.24, 2.45) is 0 Å². The fourth-order valence-corrected chi connectivity index (χ4v) is 4.29. The van der Waals surface area contributed by atoms with Crippen LogP contribution in [0.25, 0.3) is 0 Å². The van der Waals surface area contributed by atoms with Crippen LogP contribution in [-0.4, -0.2) is 92.0 Å². The number of nitrogens with zero attached hydrogens (tertiary/aromatic N) is 3. The Bertz CT molecular complexity index is 907. The molecule has 1 unspecified atom stereocenters. The number of amides is 1. The first-order chi connectivity index (χ1) is 16.3. The molecule has 35 heavy (non-hydrogen) atoms. The largest absolute Gasteiger partial charge is 0.442 e. The van der Waals surface area contributed by atoms with Crippen molar-refractivity contribution in [1.82, 2.24) is 15.1 Å². The van der Waals surface area contributed by atoms with Crippen LogP contribution in [0.4, 0.5) is 32.0 Å². The Labute approximate surface area is 202 Å². The molecule has 2 saturated heterocycles. The number of halogens is 7. The molecule has 0 spiro atoms. The number of rotatable bonds is 5. The highest BCUT2D eigenvalue weighted by molar-refractivity contribution is 6.30. The van der Waals surface area contributed by atoms with E-state index in [1.807, 2.05) is 4.90 Å². The maximum atomic E-state index is 12.9. The minimum Gasteiger partial charge on any atom is -0.442 e. The van der Waals surface area contributed by atoms with Crippen molar-refractivity contribution in [2.45, 2.75) is 38.0 Å². The Balaban J connectivity index is 1.78. The standard InChI is InChI=1S/C21H25ClF6N4O3/c1-13(33)30-6-8-31(9-7-30)16-10-15(22)3-2-14(16)12-32-5-4-29-11-17(32)18(34)35-19(20(23,24)25)21(26,27)28/h2-3,10,17,19,29H,4-9,11-12H2,1H3. The van der Waals surface area contributed by atoms with E-state index in [0.29, 0.717) is 43.3 Å². The summed E-state index contributed by atoms with van der Waals surface area (Å²) in [7, 11) is 0. The van der Waals surface area contributed by atoms with Gasteiger partial charge in [-0.2, -0.15) is 26.3 Å². The van der Waals surface area contributed by atoms with Crippen molar-refractivity contribution in [3.05, 3.63) is 28.8 Å². The minimum atomic E-state index is -5.79. The number of hydrogen-bond donors (Lipinski definition) is 1. The zero-order valence-electron chi connectivity index (χ0n) is 18.8. The summed E-state index contributed by atoms with van der Waals surface area (Å²) in [6.45, 7) is 3.96. The van der Waals surface area contributed by atoms with Gasteiger partial charge in [0.2, 0.25) is 5.91 Å². The molecule has 1 amide bonds. The summed E-state index contributed by atoms with van der Waals surface area (Å²) in [4.78, 5) is 29.3. The maximum absolute atomic E-state index is 12.9. The van der Waals surface area contributed by atoms with Gasteiger partial charge in [-0.15, -0.1) is 0 Å². The van der Waals surface area contributed by atoms with Gasteiger partial charge in [-0.25, -0.2) is 0 Å². The van der Waals surface area contributed by atoms with E-state index in [0.717, 1.165) is 5.69 Å². The van der Waals surface area contributed by atoms with Gasteiger partial charge in [-0.1, -0.05) is 17.7 Å². The lowest BCUT2D eigenvalue weighted by Gasteiger charge is -2.39. The molecule has 14 heteroatoms. The fraction of sp³-hybridized carbons (Fsp3) is 0.619. The highest BCUT2D eigenvalue weighted by atomic mass is 35.5.